The van der Waals surface area contributed by atoms with Crippen LogP contribution in [0.15, 0.2) is 77.7 Å². The van der Waals surface area contributed by atoms with Crippen molar-refractivity contribution in [1.29, 1.82) is 0 Å². The van der Waals surface area contributed by atoms with Crippen LogP contribution in [0.4, 0.5) is 13.2 Å². The molecule has 1 fully saturated rings. The molecule has 0 spiro atoms. The summed E-state index contributed by atoms with van der Waals surface area (Å²) in [4.78, 5) is 11.7. The number of alkyl halides is 3. The maximum atomic E-state index is 11.7. The zero-order chi connectivity index (χ0) is 31.8. The van der Waals surface area contributed by atoms with Gasteiger partial charge in [-0.2, -0.15) is 13.2 Å². The first-order valence-corrected chi connectivity index (χ1v) is 15.7. The number of benzene rings is 3. The fraction of sp³-hybridized carbons (Fsp3) is 0.406. The van der Waals surface area contributed by atoms with Crippen LogP contribution in [0.25, 0.3) is 11.1 Å². The summed E-state index contributed by atoms with van der Waals surface area (Å²) in [5.74, 6) is -0.411. The molecule has 1 N–H and O–H groups in total. The van der Waals surface area contributed by atoms with Crippen molar-refractivity contribution >= 4 is 15.8 Å². The monoisotopic (exact) mass is 621 g/mol. The van der Waals surface area contributed by atoms with Crippen molar-refractivity contribution in [2.24, 2.45) is 5.92 Å². The Bertz CT molecular complexity index is 1420. The minimum absolute atomic E-state index is 0.179. The third-order valence-corrected chi connectivity index (χ3v) is 7.79. The lowest BCUT2D eigenvalue weighted by molar-refractivity contribution is -0.192. The van der Waals surface area contributed by atoms with Crippen LogP contribution in [0.2, 0.25) is 0 Å². The molecule has 1 heterocycles. The third kappa shape index (κ3) is 11.6. The highest BCUT2D eigenvalue weighted by Crippen LogP contribution is 2.26. The molecule has 3 aromatic rings. The Morgan fingerprint density at radius 1 is 0.860 bits per heavy atom. The van der Waals surface area contributed by atoms with Crippen LogP contribution in [-0.2, 0) is 21.2 Å². The van der Waals surface area contributed by atoms with Crippen LogP contribution < -0.4 is 9.47 Å². The van der Waals surface area contributed by atoms with Crippen LogP contribution in [0.1, 0.15) is 39.2 Å². The van der Waals surface area contributed by atoms with Crippen molar-refractivity contribution in [2.75, 3.05) is 26.0 Å². The third-order valence-electron chi connectivity index (χ3n) is 6.66. The van der Waals surface area contributed by atoms with Gasteiger partial charge in [0.15, 0.2) is 9.84 Å². The van der Waals surface area contributed by atoms with E-state index in [0.29, 0.717) is 10.8 Å². The molecule has 0 bridgehead atoms. The molecule has 0 aliphatic carbocycles. The van der Waals surface area contributed by atoms with E-state index in [4.69, 9.17) is 19.4 Å². The number of ether oxygens (including phenoxy) is 2. The van der Waals surface area contributed by atoms with Gasteiger partial charge in [0.05, 0.1) is 11.5 Å². The van der Waals surface area contributed by atoms with E-state index in [1.807, 2.05) is 36.4 Å². The summed E-state index contributed by atoms with van der Waals surface area (Å²) >= 11 is 0. The predicted molar refractivity (Wildman–Crippen MR) is 159 cm³/mol. The van der Waals surface area contributed by atoms with Gasteiger partial charge in [-0.05, 0) is 106 Å². The van der Waals surface area contributed by atoms with Gasteiger partial charge in [0.1, 0.15) is 17.1 Å². The van der Waals surface area contributed by atoms with E-state index in [1.165, 1.54) is 11.8 Å². The highest BCUT2D eigenvalue weighted by molar-refractivity contribution is 7.90. The van der Waals surface area contributed by atoms with Crippen molar-refractivity contribution in [3.05, 3.63) is 78.4 Å². The molecule has 1 aliphatic heterocycles. The molecule has 0 saturated carbocycles. The number of piperidine rings is 1. The Morgan fingerprint density at radius 3 is 1.77 bits per heavy atom. The van der Waals surface area contributed by atoms with E-state index < -0.39 is 22.0 Å². The summed E-state index contributed by atoms with van der Waals surface area (Å²) in [6, 6.07) is 23.5. The predicted octanol–water partition coefficient (Wildman–Crippen LogP) is 6.86. The maximum Gasteiger partial charge on any atom is 0.490 e. The first-order chi connectivity index (χ1) is 20.0. The summed E-state index contributed by atoms with van der Waals surface area (Å²) in [6.45, 7) is 10.0. The van der Waals surface area contributed by atoms with E-state index in [1.54, 1.807) is 12.1 Å². The summed E-state index contributed by atoms with van der Waals surface area (Å²) in [7, 11) is -3.18. The van der Waals surface area contributed by atoms with Gasteiger partial charge in [-0.3, -0.25) is 4.90 Å². The number of nitrogens with zero attached hydrogens (tertiary/aromatic N) is 1. The smallest absolute Gasteiger partial charge is 0.490 e. The van der Waals surface area contributed by atoms with E-state index >= 15 is 0 Å². The fourth-order valence-corrected chi connectivity index (χ4v) is 5.07. The lowest BCUT2D eigenvalue weighted by atomic mass is 9.97. The second-order valence-corrected chi connectivity index (χ2v) is 13.5. The molecule has 11 heteroatoms. The van der Waals surface area contributed by atoms with E-state index in [2.05, 4.69) is 49.9 Å². The fourth-order valence-electron chi connectivity index (χ4n) is 4.44. The number of hydrogen-bond acceptors (Lipinski definition) is 6. The molecule has 4 rings (SSSR count). The first-order valence-electron chi connectivity index (χ1n) is 13.8. The van der Waals surface area contributed by atoms with Crippen molar-refractivity contribution in [3.8, 4) is 22.6 Å². The number of aliphatic carboxylic acids is 1. The number of carbonyl (C=O) groups is 1. The molecule has 1 saturated heterocycles. The van der Waals surface area contributed by atoms with Gasteiger partial charge in [-0.15, -0.1) is 0 Å². The Labute approximate surface area is 251 Å². The summed E-state index contributed by atoms with van der Waals surface area (Å²) < 4.78 is 67.1. The van der Waals surface area contributed by atoms with E-state index in [9.17, 15) is 21.6 Å². The van der Waals surface area contributed by atoms with Crippen molar-refractivity contribution in [2.45, 2.75) is 56.8 Å². The normalized spacial score (nSPS) is 14.9. The van der Waals surface area contributed by atoms with Gasteiger partial charge < -0.3 is 14.6 Å². The molecule has 7 nitrogen and oxygen atoms in total. The molecule has 0 atom stereocenters. The van der Waals surface area contributed by atoms with Gasteiger partial charge in [-0.1, -0.05) is 36.4 Å². The SMILES string of the molecule is CC(C)(C)Oc1ccc(CN2CCC(COc3ccc(-c4ccc(S(C)(=O)=O)cc4)cc3)CC2)cc1.O=C(O)C(F)(F)F. The number of carboxylic acids is 1. The second kappa shape index (κ2) is 14.3. The Hall–Kier alpha value is -3.57. The first kappa shape index (κ1) is 33.9. The molecule has 0 radical (unpaired) electrons. The minimum atomic E-state index is -5.08. The molecule has 3 aromatic carbocycles. The molecule has 0 aromatic heterocycles. The summed E-state index contributed by atoms with van der Waals surface area (Å²) in [5, 5.41) is 7.12. The number of rotatable bonds is 8. The van der Waals surface area contributed by atoms with Crippen LogP contribution in [0, 0.1) is 5.92 Å². The molecule has 0 amide bonds. The zero-order valence-electron chi connectivity index (χ0n) is 24.7. The zero-order valence-corrected chi connectivity index (χ0v) is 25.5. The van der Waals surface area contributed by atoms with Gasteiger partial charge >= 0.3 is 12.1 Å². The topological polar surface area (TPSA) is 93.1 Å². The Balaban J connectivity index is 0.000000646. The lowest BCUT2D eigenvalue weighted by Crippen LogP contribution is -2.35. The van der Waals surface area contributed by atoms with Gasteiger partial charge in [0.25, 0.3) is 0 Å². The van der Waals surface area contributed by atoms with Gasteiger partial charge in [-0.25, -0.2) is 13.2 Å². The molecule has 43 heavy (non-hydrogen) atoms. The van der Waals surface area contributed by atoms with Crippen LogP contribution in [-0.4, -0.2) is 62.1 Å². The van der Waals surface area contributed by atoms with Crippen LogP contribution in [0.5, 0.6) is 11.5 Å². The highest BCUT2D eigenvalue weighted by Gasteiger charge is 2.38. The van der Waals surface area contributed by atoms with Crippen molar-refractivity contribution < 1.29 is 41.0 Å². The number of carboxylic acid groups (broad SMARTS) is 1. The summed E-state index contributed by atoms with van der Waals surface area (Å²) in [5.41, 5.74) is 3.16. The molecular weight excluding hydrogens is 583 g/mol. The van der Waals surface area contributed by atoms with Crippen LogP contribution >= 0.6 is 0 Å². The lowest BCUT2D eigenvalue weighted by Gasteiger charge is -2.32. The van der Waals surface area contributed by atoms with Gasteiger partial charge in [0.2, 0.25) is 0 Å². The van der Waals surface area contributed by atoms with Crippen molar-refractivity contribution in [1.82, 2.24) is 4.90 Å². The minimum Gasteiger partial charge on any atom is -0.493 e. The highest BCUT2D eigenvalue weighted by atomic mass is 32.2. The van der Waals surface area contributed by atoms with E-state index in [0.717, 1.165) is 61.7 Å². The molecule has 0 unspecified atom stereocenters. The second-order valence-electron chi connectivity index (χ2n) is 11.5. The Kier molecular flexibility index (Phi) is 11.3. The van der Waals surface area contributed by atoms with Crippen LogP contribution in [0.3, 0.4) is 0 Å². The number of likely N-dealkylation sites (tertiary alicyclic amines) is 1. The van der Waals surface area contributed by atoms with Gasteiger partial charge in [0, 0.05) is 12.8 Å². The number of sulfone groups is 1. The molecule has 234 valence electrons. The Morgan fingerprint density at radius 2 is 1.33 bits per heavy atom. The van der Waals surface area contributed by atoms with E-state index in [-0.39, 0.29) is 5.60 Å². The molecule has 1 aliphatic rings. The molecular formula is C32H38F3NO6S. The largest absolute Gasteiger partial charge is 0.493 e. The standard InChI is InChI=1S/C30H37NO4S.C2HF3O2/c1-30(2,3)35-28-11-5-23(6-12-28)21-31-19-17-24(18-20-31)22-34-27-13-7-25(8-14-27)26-9-15-29(16-10-26)36(4,32)33;3-2(4,5)1(6)7/h5-16,24H,17-22H2,1-4H3;(H,6,7). The number of halogens is 3. The number of hydrogen-bond donors (Lipinski definition) is 1. The van der Waals surface area contributed by atoms with Crippen molar-refractivity contribution in [3.63, 3.8) is 0 Å². The summed E-state index contributed by atoms with van der Waals surface area (Å²) in [6.07, 6.45) is -1.59. The average Bonchev–Trinajstić information content (AvgIpc) is 2.93. The quantitative estimate of drug-likeness (QED) is 0.294. The maximum absolute atomic E-state index is 11.7. The average molecular weight is 622 g/mol.